The fraction of sp³-hybridized carbons (Fsp3) is 0.250. The molecule has 1 heterocycles. The second kappa shape index (κ2) is 12.7. The molecular formula is C32H34N2O3. The zero-order valence-electron chi connectivity index (χ0n) is 21.5. The van der Waals surface area contributed by atoms with E-state index >= 15 is 0 Å². The lowest BCUT2D eigenvalue weighted by atomic mass is 10.0. The third kappa shape index (κ3) is 6.98. The molecule has 0 N–H and O–H groups in total. The van der Waals surface area contributed by atoms with Crippen LogP contribution in [-0.4, -0.2) is 40.7 Å². The van der Waals surface area contributed by atoms with E-state index in [0.29, 0.717) is 18.7 Å². The summed E-state index contributed by atoms with van der Waals surface area (Å²) in [6.07, 6.45) is 3.10. The molecule has 3 aromatic carbocycles. The van der Waals surface area contributed by atoms with E-state index in [1.54, 1.807) is 16.1 Å². The molecule has 0 bridgehead atoms. The van der Waals surface area contributed by atoms with Gasteiger partial charge in [-0.1, -0.05) is 79.7 Å². The highest BCUT2D eigenvalue weighted by Gasteiger charge is 2.26. The van der Waals surface area contributed by atoms with Crippen LogP contribution in [-0.2, 0) is 17.8 Å². The molecule has 0 radical (unpaired) electrons. The summed E-state index contributed by atoms with van der Waals surface area (Å²) in [5.41, 5.74) is 3.89. The van der Waals surface area contributed by atoms with Gasteiger partial charge in [-0.2, -0.15) is 0 Å². The Morgan fingerprint density at radius 1 is 0.811 bits per heavy atom. The Morgan fingerprint density at radius 2 is 1.46 bits per heavy atom. The zero-order valence-corrected chi connectivity index (χ0v) is 21.5. The van der Waals surface area contributed by atoms with E-state index in [2.05, 4.69) is 12.1 Å². The third-order valence-corrected chi connectivity index (χ3v) is 6.72. The molecule has 0 spiro atoms. The number of hydrogen-bond acceptors (Lipinski definition) is 3. The minimum Gasteiger partial charge on any atom is -0.467 e. The minimum atomic E-state index is -0.136. The number of carbonyl (C=O) groups excluding carboxylic acids is 2. The second-order valence-electron chi connectivity index (χ2n) is 9.26. The zero-order chi connectivity index (χ0) is 26.0. The van der Waals surface area contributed by atoms with E-state index in [0.717, 1.165) is 35.3 Å². The van der Waals surface area contributed by atoms with Gasteiger partial charge in [-0.25, -0.2) is 0 Å². The molecule has 4 aromatic rings. The predicted octanol–water partition coefficient (Wildman–Crippen LogP) is 6.46. The van der Waals surface area contributed by atoms with Crippen LogP contribution in [0.15, 0.2) is 108 Å². The Balaban J connectivity index is 1.50. The lowest BCUT2D eigenvalue weighted by Crippen LogP contribution is -2.46. The summed E-state index contributed by atoms with van der Waals surface area (Å²) >= 11 is 0. The summed E-state index contributed by atoms with van der Waals surface area (Å²) in [6, 6.07) is 31.4. The summed E-state index contributed by atoms with van der Waals surface area (Å²) < 4.78 is 5.53. The van der Waals surface area contributed by atoms with Crippen LogP contribution in [0.4, 0.5) is 0 Å². The summed E-state index contributed by atoms with van der Waals surface area (Å²) in [4.78, 5) is 30.6. The van der Waals surface area contributed by atoms with Gasteiger partial charge >= 0.3 is 0 Å². The lowest BCUT2D eigenvalue weighted by molar-refractivity contribution is -0.133. The molecule has 37 heavy (non-hydrogen) atoms. The quantitative estimate of drug-likeness (QED) is 0.240. The Hall–Kier alpha value is -4.12. The maximum Gasteiger partial charge on any atom is 0.254 e. The van der Waals surface area contributed by atoms with Crippen molar-refractivity contribution in [3.05, 3.63) is 120 Å². The molecule has 0 aliphatic carbocycles. The molecule has 0 saturated carbocycles. The molecular weight excluding hydrogens is 460 g/mol. The molecule has 1 unspecified atom stereocenters. The molecule has 4 rings (SSSR count). The van der Waals surface area contributed by atoms with Crippen LogP contribution in [0.3, 0.4) is 0 Å². The number of benzene rings is 3. The summed E-state index contributed by atoms with van der Waals surface area (Å²) in [5, 5.41) is 0. The molecule has 0 aliphatic heterocycles. The fourth-order valence-electron chi connectivity index (χ4n) is 4.29. The van der Waals surface area contributed by atoms with Crippen molar-refractivity contribution in [2.45, 2.75) is 39.3 Å². The molecule has 0 aliphatic rings. The first-order chi connectivity index (χ1) is 18.0. The van der Waals surface area contributed by atoms with Crippen LogP contribution in [0, 0.1) is 0 Å². The normalized spacial score (nSPS) is 11.6. The van der Waals surface area contributed by atoms with Crippen molar-refractivity contribution in [3.8, 4) is 11.1 Å². The Labute approximate surface area is 219 Å². The van der Waals surface area contributed by atoms with Crippen LogP contribution in [0.5, 0.6) is 0 Å². The number of furan rings is 1. The van der Waals surface area contributed by atoms with Crippen LogP contribution in [0.1, 0.15) is 41.9 Å². The molecule has 1 aromatic heterocycles. The molecule has 0 saturated heterocycles. The maximum atomic E-state index is 13.6. The van der Waals surface area contributed by atoms with Crippen molar-refractivity contribution in [1.29, 1.82) is 0 Å². The molecule has 190 valence electrons. The van der Waals surface area contributed by atoms with Crippen LogP contribution in [0.2, 0.25) is 0 Å². The summed E-state index contributed by atoms with van der Waals surface area (Å²) in [7, 11) is 0. The molecule has 5 nitrogen and oxygen atoms in total. The average molecular weight is 495 g/mol. The first kappa shape index (κ1) is 26.0. The van der Waals surface area contributed by atoms with Crippen molar-refractivity contribution in [2.75, 3.05) is 13.1 Å². The van der Waals surface area contributed by atoms with Crippen molar-refractivity contribution in [3.63, 3.8) is 0 Å². The van der Waals surface area contributed by atoms with Crippen LogP contribution < -0.4 is 0 Å². The largest absolute Gasteiger partial charge is 0.467 e. The summed E-state index contributed by atoms with van der Waals surface area (Å²) in [6.45, 7) is 4.95. The smallest absolute Gasteiger partial charge is 0.254 e. The van der Waals surface area contributed by atoms with Gasteiger partial charge in [0.05, 0.1) is 12.8 Å². The minimum absolute atomic E-state index is 0.0176. The van der Waals surface area contributed by atoms with Gasteiger partial charge in [-0.15, -0.1) is 0 Å². The van der Waals surface area contributed by atoms with Crippen LogP contribution >= 0.6 is 0 Å². The van der Waals surface area contributed by atoms with E-state index in [1.165, 1.54) is 0 Å². The van der Waals surface area contributed by atoms with Gasteiger partial charge in [0.15, 0.2) is 0 Å². The lowest BCUT2D eigenvalue weighted by Gasteiger charge is -2.31. The number of amides is 2. The third-order valence-electron chi connectivity index (χ3n) is 6.72. The van der Waals surface area contributed by atoms with Gasteiger partial charge < -0.3 is 14.2 Å². The van der Waals surface area contributed by atoms with Gasteiger partial charge in [0.2, 0.25) is 5.91 Å². The molecule has 5 heteroatoms. The predicted molar refractivity (Wildman–Crippen MR) is 147 cm³/mol. The topological polar surface area (TPSA) is 53.8 Å². The van der Waals surface area contributed by atoms with Gasteiger partial charge in [0.1, 0.15) is 12.3 Å². The Kier molecular flexibility index (Phi) is 8.93. The molecule has 1 atom stereocenters. The molecule has 0 fully saturated rings. The van der Waals surface area contributed by atoms with E-state index in [9.17, 15) is 9.59 Å². The van der Waals surface area contributed by atoms with E-state index in [1.807, 2.05) is 98.8 Å². The number of carbonyl (C=O) groups is 2. The van der Waals surface area contributed by atoms with Crippen molar-refractivity contribution >= 4 is 11.8 Å². The van der Waals surface area contributed by atoms with Gasteiger partial charge in [0, 0.05) is 18.2 Å². The molecule has 2 amide bonds. The number of nitrogens with zero attached hydrogens (tertiary/aromatic N) is 2. The highest BCUT2D eigenvalue weighted by Crippen LogP contribution is 2.21. The van der Waals surface area contributed by atoms with E-state index in [4.69, 9.17) is 4.42 Å². The first-order valence-electron chi connectivity index (χ1n) is 12.9. The summed E-state index contributed by atoms with van der Waals surface area (Å²) in [5.74, 6) is 0.490. The van der Waals surface area contributed by atoms with Crippen LogP contribution in [0.25, 0.3) is 11.1 Å². The standard InChI is InChI=1S/C32H34N2O3/c1-3-25(2)34(32(36)29-18-16-28(17-19-29)27-13-8-5-9-14-27)24-31(35)33(23-30-15-10-22-37-30)21-20-26-11-6-4-7-12-26/h4-19,22,25H,3,20-21,23-24H2,1-2H3. The number of hydrogen-bond donors (Lipinski definition) is 0. The van der Waals surface area contributed by atoms with Gasteiger partial charge in [-0.05, 0) is 60.7 Å². The van der Waals surface area contributed by atoms with E-state index < -0.39 is 0 Å². The Morgan fingerprint density at radius 3 is 2.08 bits per heavy atom. The fourth-order valence-corrected chi connectivity index (χ4v) is 4.29. The second-order valence-corrected chi connectivity index (χ2v) is 9.26. The highest BCUT2D eigenvalue weighted by atomic mass is 16.3. The SMILES string of the molecule is CCC(C)N(CC(=O)N(CCc1ccccc1)Cc1ccco1)C(=O)c1ccc(-c2ccccc2)cc1. The average Bonchev–Trinajstić information content (AvgIpc) is 3.47. The van der Waals surface area contributed by atoms with E-state index in [-0.39, 0.29) is 24.4 Å². The van der Waals surface area contributed by atoms with Gasteiger partial charge in [-0.3, -0.25) is 9.59 Å². The first-order valence-corrected chi connectivity index (χ1v) is 12.9. The Bertz CT molecular complexity index is 1250. The number of rotatable bonds is 11. The van der Waals surface area contributed by atoms with Crippen molar-refractivity contribution < 1.29 is 14.0 Å². The highest BCUT2D eigenvalue weighted by molar-refractivity contribution is 5.97. The van der Waals surface area contributed by atoms with Crippen molar-refractivity contribution in [2.24, 2.45) is 0 Å². The maximum absolute atomic E-state index is 13.6. The van der Waals surface area contributed by atoms with Crippen molar-refractivity contribution in [1.82, 2.24) is 9.80 Å². The van der Waals surface area contributed by atoms with Gasteiger partial charge in [0.25, 0.3) is 5.91 Å². The monoisotopic (exact) mass is 494 g/mol.